The molecule has 76 valence electrons. The van der Waals surface area contributed by atoms with Crippen molar-refractivity contribution < 1.29 is 5.21 Å². The number of oxime groups is 1. The Morgan fingerprint density at radius 2 is 2.23 bits per heavy atom. The Morgan fingerprint density at radius 3 is 2.85 bits per heavy atom. The van der Waals surface area contributed by atoms with E-state index in [1.54, 1.807) is 0 Å². The lowest BCUT2D eigenvalue weighted by Gasteiger charge is -2.01. The van der Waals surface area contributed by atoms with Crippen molar-refractivity contribution in [2.75, 3.05) is 13.1 Å². The number of nitrogens with one attached hydrogen (secondary N) is 1. The van der Waals surface area contributed by atoms with Crippen LogP contribution in [0.3, 0.4) is 0 Å². The number of unbranched alkanes of at least 4 members (excludes halogenated alkanes) is 1. The average Bonchev–Trinajstić information content (AvgIpc) is 2.16. The van der Waals surface area contributed by atoms with E-state index in [2.05, 4.69) is 17.1 Å². The van der Waals surface area contributed by atoms with Crippen LogP contribution in [0.2, 0.25) is 0 Å². The SMILES string of the molecule is C=CCCNCCCC/C(N)=N\O. The van der Waals surface area contributed by atoms with Gasteiger partial charge in [-0.15, -0.1) is 6.58 Å². The van der Waals surface area contributed by atoms with E-state index in [4.69, 9.17) is 10.9 Å². The maximum Gasteiger partial charge on any atom is 0.139 e. The number of nitrogens with two attached hydrogens (primary N) is 1. The molecule has 4 heteroatoms. The number of hydrogen-bond donors (Lipinski definition) is 3. The second-order valence-electron chi connectivity index (χ2n) is 2.88. The molecule has 0 radical (unpaired) electrons. The van der Waals surface area contributed by atoms with Gasteiger partial charge in [0, 0.05) is 6.42 Å². The van der Waals surface area contributed by atoms with Crippen molar-refractivity contribution in [2.45, 2.75) is 25.7 Å². The largest absolute Gasteiger partial charge is 0.409 e. The lowest BCUT2D eigenvalue weighted by atomic mass is 10.2. The summed E-state index contributed by atoms with van der Waals surface area (Å²) >= 11 is 0. The van der Waals surface area contributed by atoms with Gasteiger partial charge < -0.3 is 16.3 Å². The normalized spacial score (nSPS) is 11.5. The van der Waals surface area contributed by atoms with Gasteiger partial charge in [-0.25, -0.2) is 0 Å². The van der Waals surface area contributed by atoms with E-state index < -0.39 is 0 Å². The van der Waals surface area contributed by atoms with Crippen molar-refractivity contribution >= 4 is 5.84 Å². The Balaban J connectivity index is 3.04. The summed E-state index contributed by atoms with van der Waals surface area (Å²) in [5, 5.41) is 14.4. The highest BCUT2D eigenvalue weighted by molar-refractivity contribution is 5.79. The molecule has 0 amide bonds. The van der Waals surface area contributed by atoms with E-state index in [1.165, 1.54) is 0 Å². The molecule has 0 fully saturated rings. The van der Waals surface area contributed by atoms with Gasteiger partial charge in [0.1, 0.15) is 5.84 Å². The molecule has 0 aromatic heterocycles. The molecular weight excluding hydrogens is 166 g/mol. The molecule has 0 spiro atoms. The number of hydrogen-bond acceptors (Lipinski definition) is 3. The summed E-state index contributed by atoms with van der Waals surface area (Å²) < 4.78 is 0. The summed E-state index contributed by atoms with van der Waals surface area (Å²) in [6, 6.07) is 0. The molecule has 0 aliphatic heterocycles. The van der Waals surface area contributed by atoms with E-state index in [-0.39, 0.29) is 0 Å². The van der Waals surface area contributed by atoms with E-state index >= 15 is 0 Å². The summed E-state index contributed by atoms with van der Waals surface area (Å²) in [5.74, 6) is 0.311. The molecule has 0 aliphatic rings. The molecule has 0 aromatic rings. The first-order chi connectivity index (χ1) is 6.31. The summed E-state index contributed by atoms with van der Waals surface area (Å²) in [7, 11) is 0. The Hall–Kier alpha value is -1.03. The zero-order valence-electron chi connectivity index (χ0n) is 8.00. The van der Waals surface area contributed by atoms with Gasteiger partial charge in [0.25, 0.3) is 0 Å². The second-order valence-corrected chi connectivity index (χ2v) is 2.88. The molecular formula is C9H19N3O. The highest BCUT2D eigenvalue weighted by atomic mass is 16.4. The highest BCUT2D eigenvalue weighted by Gasteiger charge is 1.92. The lowest BCUT2D eigenvalue weighted by molar-refractivity contribution is 0.316. The molecule has 13 heavy (non-hydrogen) atoms. The van der Waals surface area contributed by atoms with Crippen LogP contribution in [0.1, 0.15) is 25.7 Å². The number of rotatable bonds is 8. The Bertz CT molecular complexity index is 157. The number of amidine groups is 1. The van der Waals surface area contributed by atoms with Gasteiger partial charge in [0.15, 0.2) is 0 Å². The van der Waals surface area contributed by atoms with Gasteiger partial charge in [0.2, 0.25) is 0 Å². The Kier molecular flexibility index (Phi) is 8.34. The summed E-state index contributed by atoms with van der Waals surface area (Å²) in [6.07, 6.45) is 5.56. The summed E-state index contributed by atoms with van der Waals surface area (Å²) in [6.45, 7) is 5.59. The zero-order chi connectivity index (χ0) is 9.94. The van der Waals surface area contributed by atoms with Crippen molar-refractivity contribution in [3.63, 3.8) is 0 Å². The fraction of sp³-hybridized carbons (Fsp3) is 0.667. The maximum atomic E-state index is 8.24. The van der Waals surface area contributed by atoms with Crippen LogP contribution in [0.15, 0.2) is 17.8 Å². The van der Waals surface area contributed by atoms with E-state index in [1.807, 2.05) is 6.08 Å². The third kappa shape index (κ3) is 8.88. The smallest absolute Gasteiger partial charge is 0.139 e. The Morgan fingerprint density at radius 1 is 1.46 bits per heavy atom. The third-order valence-electron chi connectivity index (χ3n) is 1.69. The fourth-order valence-electron chi connectivity index (χ4n) is 0.935. The van der Waals surface area contributed by atoms with E-state index in [0.717, 1.165) is 32.4 Å². The van der Waals surface area contributed by atoms with Crippen LogP contribution >= 0.6 is 0 Å². The first kappa shape index (κ1) is 12.0. The standard InChI is InChI=1S/C9H19N3O/c1-2-3-7-11-8-5-4-6-9(10)12-13/h2,11,13H,1,3-8H2,(H2,10,12). The summed E-state index contributed by atoms with van der Waals surface area (Å²) in [5.41, 5.74) is 5.30. The monoisotopic (exact) mass is 185 g/mol. The lowest BCUT2D eigenvalue weighted by Crippen LogP contribution is -2.17. The predicted octanol–water partition coefficient (Wildman–Crippen LogP) is 1.07. The van der Waals surface area contributed by atoms with Crippen LogP contribution < -0.4 is 11.1 Å². The molecule has 0 unspecified atom stereocenters. The molecule has 0 rings (SSSR count). The minimum absolute atomic E-state index is 0.311. The van der Waals surface area contributed by atoms with Gasteiger partial charge in [-0.2, -0.15) is 0 Å². The molecule has 4 nitrogen and oxygen atoms in total. The van der Waals surface area contributed by atoms with E-state index in [9.17, 15) is 0 Å². The van der Waals surface area contributed by atoms with Crippen LogP contribution in [-0.2, 0) is 0 Å². The van der Waals surface area contributed by atoms with Crippen LogP contribution in [0.4, 0.5) is 0 Å². The van der Waals surface area contributed by atoms with Crippen LogP contribution in [0, 0.1) is 0 Å². The van der Waals surface area contributed by atoms with Crippen LogP contribution in [-0.4, -0.2) is 24.1 Å². The van der Waals surface area contributed by atoms with Gasteiger partial charge in [-0.1, -0.05) is 11.2 Å². The van der Waals surface area contributed by atoms with Crippen LogP contribution in [0.25, 0.3) is 0 Å². The minimum atomic E-state index is 0.311. The molecule has 4 N–H and O–H groups in total. The predicted molar refractivity (Wildman–Crippen MR) is 54.9 cm³/mol. The van der Waals surface area contributed by atoms with Crippen molar-refractivity contribution in [3.05, 3.63) is 12.7 Å². The van der Waals surface area contributed by atoms with Crippen LogP contribution in [0.5, 0.6) is 0 Å². The zero-order valence-corrected chi connectivity index (χ0v) is 8.00. The van der Waals surface area contributed by atoms with E-state index in [0.29, 0.717) is 12.3 Å². The van der Waals surface area contributed by atoms with Gasteiger partial charge >= 0.3 is 0 Å². The average molecular weight is 185 g/mol. The minimum Gasteiger partial charge on any atom is -0.409 e. The van der Waals surface area contributed by atoms with Crippen molar-refractivity contribution in [1.82, 2.24) is 5.32 Å². The molecule has 0 saturated carbocycles. The quantitative estimate of drug-likeness (QED) is 0.132. The highest BCUT2D eigenvalue weighted by Crippen LogP contribution is 1.93. The van der Waals surface area contributed by atoms with Gasteiger partial charge in [-0.3, -0.25) is 0 Å². The van der Waals surface area contributed by atoms with Gasteiger partial charge in [0.05, 0.1) is 0 Å². The van der Waals surface area contributed by atoms with Crippen molar-refractivity contribution in [1.29, 1.82) is 0 Å². The molecule has 0 saturated heterocycles. The van der Waals surface area contributed by atoms with Gasteiger partial charge in [-0.05, 0) is 32.4 Å². The molecule has 0 aliphatic carbocycles. The second kappa shape index (κ2) is 9.06. The molecule has 0 heterocycles. The molecule has 0 aromatic carbocycles. The van der Waals surface area contributed by atoms with Crippen molar-refractivity contribution in [3.8, 4) is 0 Å². The summed E-state index contributed by atoms with van der Waals surface area (Å²) in [4.78, 5) is 0. The first-order valence-corrected chi connectivity index (χ1v) is 4.59. The molecule has 0 bridgehead atoms. The topological polar surface area (TPSA) is 70.6 Å². The maximum absolute atomic E-state index is 8.24. The number of nitrogens with zero attached hydrogens (tertiary/aromatic N) is 1. The first-order valence-electron chi connectivity index (χ1n) is 4.59. The van der Waals surface area contributed by atoms with Crippen molar-refractivity contribution in [2.24, 2.45) is 10.9 Å². The Labute approximate surface area is 79.5 Å². The molecule has 0 atom stereocenters. The third-order valence-corrected chi connectivity index (χ3v) is 1.69. The fourth-order valence-corrected chi connectivity index (χ4v) is 0.935.